The van der Waals surface area contributed by atoms with E-state index in [1.54, 1.807) is 11.6 Å². The van der Waals surface area contributed by atoms with Gasteiger partial charge in [0.05, 0.1) is 6.10 Å². The molecule has 3 aromatic rings. The van der Waals surface area contributed by atoms with E-state index in [1.807, 2.05) is 44.2 Å². The fourth-order valence-corrected chi connectivity index (χ4v) is 2.54. The largest absolute Gasteiger partial charge is 0.461 e. The minimum Gasteiger partial charge on any atom is -0.461 e. The molecule has 2 aromatic heterocycles. The molecule has 0 aliphatic rings. The van der Waals surface area contributed by atoms with Gasteiger partial charge in [0.25, 0.3) is 5.91 Å². The first-order valence-electron chi connectivity index (χ1n) is 8.01. The van der Waals surface area contributed by atoms with Crippen molar-refractivity contribution >= 4 is 28.3 Å². The summed E-state index contributed by atoms with van der Waals surface area (Å²) in [7, 11) is 0. The maximum atomic E-state index is 12.4. The minimum absolute atomic E-state index is 0.0404. The number of benzene rings is 1. The molecule has 0 atom stereocenters. The van der Waals surface area contributed by atoms with Crippen LogP contribution in [-0.2, 0) is 6.54 Å². The zero-order valence-electron chi connectivity index (χ0n) is 14.3. The van der Waals surface area contributed by atoms with Crippen molar-refractivity contribution in [1.29, 1.82) is 0 Å². The van der Waals surface area contributed by atoms with Crippen molar-refractivity contribution in [2.24, 2.45) is 0 Å². The van der Waals surface area contributed by atoms with Crippen LogP contribution in [0.5, 0.6) is 6.01 Å². The number of nitrogens with one attached hydrogen (secondary N) is 2. The average molecular weight is 370 g/mol. The van der Waals surface area contributed by atoms with Crippen molar-refractivity contribution in [1.82, 2.24) is 19.9 Å². The molecule has 26 heavy (non-hydrogen) atoms. The van der Waals surface area contributed by atoms with Gasteiger partial charge in [-0.3, -0.25) is 10.1 Å². The van der Waals surface area contributed by atoms with Crippen molar-refractivity contribution in [3.05, 3.63) is 53.3 Å². The quantitative estimate of drug-likeness (QED) is 0.659. The lowest BCUT2D eigenvalue weighted by molar-refractivity contribution is 0.101. The Balaban J connectivity index is 1.79. The van der Waals surface area contributed by atoms with Gasteiger partial charge in [0.1, 0.15) is 0 Å². The SMILES string of the molecule is CC(C)Oc1nc(NCc2ccccc2)nc(C(=O)Nc2nccs2)n1. The Bertz CT molecular complexity index is 855. The Hall–Kier alpha value is -3.07. The third kappa shape index (κ3) is 4.96. The van der Waals surface area contributed by atoms with E-state index in [9.17, 15) is 4.79 Å². The van der Waals surface area contributed by atoms with Crippen LogP contribution < -0.4 is 15.4 Å². The van der Waals surface area contributed by atoms with Gasteiger partial charge in [-0.15, -0.1) is 11.3 Å². The third-order valence-electron chi connectivity index (χ3n) is 3.11. The monoisotopic (exact) mass is 370 g/mol. The molecule has 0 spiro atoms. The second-order valence-electron chi connectivity index (χ2n) is 5.56. The van der Waals surface area contributed by atoms with Crippen LogP contribution in [0.1, 0.15) is 30.0 Å². The van der Waals surface area contributed by atoms with Crippen LogP contribution in [-0.4, -0.2) is 31.9 Å². The van der Waals surface area contributed by atoms with Crippen LogP contribution in [0.4, 0.5) is 11.1 Å². The number of thiazole rings is 1. The number of rotatable bonds is 7. The van der Waals surface area contributed by atoms with Crippen LogP contribution in [0.2, 0.25) is 0 Å². The van der Waals surface area contributed by atoms with E-state index < -0.39 is 5.91 Å². The number of aromatic nitrogens is 4. The maximum Gasteiger partial charge on any atom is 0.322 e. The zero-order chi connectivity index (χ0) is 18.4. The standard InChI is InChI=1S/C17H18N6O2S/c1-11(2)25-16-21-13(14(24)22-17-18-8-9-26-17)20-15(23-16)19-10-12-6-4-3-5-7-12/h3-9,11H,10H2,1-2H3,(H,18,22,24)(H,19,20,21,23). The summed E-state index contributed by atoms with van der Waals surface area (Å²) in [5.41, 5.74) is 1.06. The topological polar surface area (TPSA) is 102 Å². The van der Waals surface area contributed by atoms with Crippen molar-refractivity contribution in [3.63, 3.8) is 0 Å². The summed E-state index contributed by atoms with van der Waals surface area (Å²) in [6.45, 7) is 4.23. The van der Waals surface area contributed by atoms with E-state index in [4.69, 9.17) is 4.74 Å². The number of amides is 1. The molecule has 3 rings (SSSR count). The van der Waals surface area contributed by atoms with Crippen molar-refractivity contribution < 1.29 is 9.53 Å². The summed E-state index contributed by atoms with van der Waals surface area (Å²) in [4.78, 5) is 28.9. The summed E-state index contributed by atoms with van der Waals surface area (Å²) in [5.74, 6) is -0.246. The molecule has 2 heterocycles. The highest BCUT2D eigenvalue weighted by molar-refractivity contribution is 7.13. The molecule has 0 unspecified atom stereocenters. The van der Waals surface area contributed by atoms with Crippen LogP contribution >= 0.6 is 11.3 Å². The summed E-state index contributed by atoms with van der Waals surface area (Å²) >= 11 is 1.31. The number of hydrogen-bond donors (Lipinski definition) is 2. The van der Waals surface area contributed by atoms with E-state index in [2.05, 4.69) is 30.6 Å². The molecule has 0 radical (unpaired) electrons. The highest BCUT2D eigenvalue weighted by Crippen LogP contribution is 2.14. The van der Waals surface area contributed by atoms with Crippen LogP contribution in [0.15, 0.2) is 41.9 Å². The fourth-order valence-electron chi connectivity index (χ4n) is 2.02. The number of carbonyl (C=O) groups excluding carboxylic acids is 1. The van der Waals surface area contributed by atoms with Gasteiger partial charge in [-0.2, -0.15) is 15.0 Å². The van der Waals surface area contributed by atoms with Crippen molar-refractivity contribution in [2.75, 3.05) is 10.6 Å². The minimum atomic E-state index is -0.473. The van der Waals surface area contributed by atoms with E-state index in [0.29, 0.717) is 11.7 Å². The Morgan fingerprint density at radius 1 is 1.19 bits per heavy atom. The molecule has 0 bridgehead atoms. The van der Waals surface area contributed by atoms with Crippen molar-refractivity contribution in [3.8, 4) is 6.01 Å². The molecule has 8 nitrogen and oxygen atoms in total. The van der Waals surface area contributed by atoms with Gasteiger partial charge in [0.2, 0.25) is 11.8 Å². The second-order valence-corrected chi connectivity index (χ2v) is 6.46. The lowest BCUT2D eigenvalue weighted by Gasteiger charge is -2.11. The van der Waals surface area contributed by atoms with Crippen LogP contribution in [0, 0.1) is 0 Å². The first-order chi connectivity index (χ1) is 12.6. The molecular weight excluding hydrogens is 352 g/mol. The second kappa shape index (κ2) is 8.34. The number of nitrogens with zero attached hydrogens (tertiary/aromatic N) is 4. The van der Waals surface area contributed by atoms with Gasteiger partial charge >= 0.3 is 6.01 Å². The normalized spacial score (nSPS) is 10.6. The summed E-state index contributed by atoms with van der Waals surface area (Å²) < 4.78 is 5.54. The summed E-state index contributed by atoms with van der Waals surface area (Å²) in [5, 5.41) is 7.99. The van der Waals surface area contributed by atoms with E-state index in [-0.39, 0.29) is 23.9 Å². The highest BCUT2D eigenvalue weighted by Gasteiger charge is 2.16. The first-order valence-corrected chi connectivity index (χ1v) is 8.89. The summed E-state index contributed by atoms with van der Waals surface area (Å²) in [6, 6.07) is 9.90. The lowest BCUT2D eigenvalue weighted by Crippen LogP contribution is -2.19. The molecule has 134 valence electrons. The van der Waals surface area contributed by atoms with Gasteiger partial charge in [-0.05, 0) is 19.4 Å². The Kier molecular flexibility index (Phi) is 5.69. The number of anilines is 2. The predicted molar refractivity (Wildman–Crippen MR) is 99.4 cm³/mol. The molecule has 0 fully saturated rings. The van der Waals surface area contributed by atoms with Gasteiger partial charge in [-0.1, -0.05) is 30.3 Å². The van der Waals surface area contributed by atoms with E-state index in [0.717, 1.165) is 5.56 Å². The van der Waals surface area contributed by atoms with Crippen molar-refractivity contribution in [2.45, 2.75) is 26.5 Å². The van der Waals surface area contributed by atoms with E-state index in [1.165, 1.54) is 11.3 Å². The Morgan fingerprint density at radius 2 is 2.00 bits per heavy atom. The molecule has 0 aliphatic carbocycles. The predicted octanol–water partition coefficient (Wildman–Crippen LogP) is 2.98. The van der Waals surface area contributed by atoms with Crippen LogP contribution in [0.3, 0.4) is 0 Å². The molecule has 9 heteroatoms. The molecule has 1 amide bonds. The first kappa shape index (κ1) is 17.7. The van der Waals surface area contributed by atoms with Gasteiger partial charge in [0, 0.05) is 18.1 Å². The molecule has 2 N–H and O–H groups in total. The Labute approximate surface area is 154 Å². The van der Waals surface area contributed by atoms with Gasteiger partial charge in [-0.25, -0.2) is 4.98 Å². The maximum absolute atomic E-state index is 12.4. The Morgan fingerprint density at radius 3 is 2.69 bits per heavy atom. The third-order valence-corrected chi connectivity index (χ3v) is 3.79. The number of hydrogen-bond acceptors (Lipinski definition) is 8. The van der Waals surface area contributed by atoms with Gasteiger partial charge in [0.15, 0.2) is 5.13 Å². The average Bonchev–Trinajstić information content (AvgIpc) is 3.13. The molecular formula is C17H18N6O2S. The highest BCUT2D eigenvalue weighted by atomic mass is 32.1. The fraction of sp³-hybridized carbons (Fsp3) is 0.235. The lowest BCUT2D eigenvalue weighted by atomic mass is 10.2. The van der Waals surface area contributed by atoms with E-state index >= 15 is 0 Å². The molecule has 1 aromatic carbocycles. The van der Waals surface area contributed by atoms with Gasteiger partial charge < -0.3 is 10.1 Å². The zero-order valence-corrected chi connectivity index (χ0v) is 15.2. The molecule has 0 saturated carbocycles. The summed E-state index contributed by atoms with van der Waals surface area (Å²) in [6.07, 6.45) is 1.47. The number of ether oxygens (including phenoxy) is 1. The number of carbonyl (C=O) groups is 1. The molecule has 0 saturated heterocycles. The molecule has 0 aliphatic heterocycles. The van der Waals surface area contributed by atoms with Crippen LogP contribution in [0.25, 0.3) is 0 Å². The smallest absolute Gasteiger partial charge is 0.322 e.